The van der Waals surface area contributed by atoms with Crippen molar-refractivity contribution in [3.63, 3.8) is 0 Å². The van der Waals surface area contributed by atoms with E-state index < -0.39 is 0 Å². The molecule has 0 saturated carbocycles. The zero-order valence-electron chi connectivity index (χ0n) is 9.56. The Hall–Kier alpha value is -0.470. The van der Waals surface area contributed by atoms with Crippen LogP contribution in [-0.4, -0.2) is 35.4 Å². The van der Waals surface area contributed by atoms with Crippen molar-refractivity contribution in [3.8, 4) is 0 Å². The lowest BCUT2D eigenvalue weighted by Gasteiger charge is -2.11. The highest BCUT2D eigenvalue weighted by Gasteiger charge is 2.14. The molecular formula is C11H16IN3O2. The zero-order valence-corrected chi connectivity index (χ0v) is 11.7. The van der Waals surface area contributed by atoms with E-state index in [-0.39, 0.29) is 5.56 Å². The molecule has 1 N–H and O–H groups in total. The molecule has 0 aromatic carbocycles. The number of hydrogen-bond donors (Lipinski definition) is 1. The van der Waals surface area contributed by atoms with Gasteiger partial charge in [-0.3, -0.25) is 9.36 Å². The smallest absolute Gasteiger partial charge is 0.266 e. The van der Waals surface area contributed by atoms with Gasteiger partial charge in [0.1, 0.15) is 0 Å². The van der Waals surface area contributed by atoms with E-state index in [9.17, 15) is 4.79 Å². The van der Waals surface area contributed by atoms with Gasteiger partial charge in [-0.15, -0.1) is 0 Å². The van der Waals surface area contributed by atoms with Gasteiger partial charge >= 0.3 is 0 Å². The Balaban J connectivity index is 1.74. The fraction of sp³-hybridized carbons (Fsp3) is 0.636. The summed E-state index contributed by atoms with van der Waals surface area (Å²) in [6.07, 6.45) is 5.81. The van der Waals surface area contributed by atoms with Crippen LogP contribution in [0.4, 0.5) is 0 Å². The second kappa shape index (κ2) is 6.46. The molecule has 1 atom stereocenters. The number of halogens is 1. The van der Waals surface area contributed by atoms with Crippen molar-refractivity contribution in [2.45, 2.75) is 25.5 Å². The van der Waals surface area contributed by atoms with E-state index in [2.05, 4.69) is 10.3 Å². The second-order valence-electron chi connectivity index (χ2n) is 4.08. The molecule has 0 spiro atoms. The molecule has 0 aliphatic carbocycles. The minimum atomic E-state index is 0.0273. The highest BCUT2D eigenvalue weighted by Crippen LogP contribution is 2.10. The lowest BCUT2D eigenvalue weighted by atomic mass is 10.2. The fourth-order valence-electron chi connectivity index (χ4n) is 1.85. The summed E-state index contributed by atoms with van der Waals surface area (Å²) >= 11 is 2.01. The number of ether oxygens (including phenoxy) is 1. The molecule has 1 saturated heterocycles. The molecule has 94 valence electrons. The molecule has 17 heavy (non-hydrogen) atoms. The highest BCUT2D eigenvalue weighted by atomic mass is 127. The molecule has 2 rings (SSSR count). The van der Waals surface area contributed by atoms with Crippen LogP contribution in [0.15, 0.2) is 17.3 Å². The fourth-order valence-corrected chi connectivity index (χ4v) is 2.32. The maximum Gasteiger partial charge on any atom is 0.266 e. The van der Waals surface area contributed by atoms with Gasteiger partial charge in [0.25, 0.3) is 5.56 Å². The van der Waals surface area contributed by atoms with E-state index in [0.29, 0.717) is 16.2 Å². The molecule has 1 fully saturated rings. The number of nitrogens with zero attached hydrogens (tertiary/aromatic N) is 2. The van der Waals surface area contributed by atoms with E-state index in [1.54, 1.807) is 17.1 Å². The van der Waals surface area contributed by atoms with Crippen LogP contribution in [0.3, 0.4) is 0 Å². The molecule has 5 nitrogen and oxygen atoms in total. The van der Waals surface area contributed by atoms with Crippen molar-refractivity contribution in [1.82, 2.24) is 14.9 Å². The van der Waals surface area contributed by atoms with Crippen molar-refractivity contribution < 1.29 is 4.74 Å². The monoisotopic (exact) mass is 349 g/mol. The molecule has 1 aliphatic heterocycles. The minimum Gasteiger partial charge on any atom is -0.377 e. The van der Waals surface area contributed by atoms with Crippen LogP contribution in [0.25, 0.3) is 0 Å². The third kappa shape index (κ3) is 3.75. The Morgan fingerprint density at radius 2 is 2.53 bits per heavy atom. The summed E-state index contributed by atoms with van der Waals surface area (Å²) < 4.78 is 7.79. The Morgan fingerprint density at radius 1 is 1.65 bits per heavy atom. The highest BCUT2D eigenvalue weighted by molar-refractivity contribution is 14.1. The molecule has 6 heteroatoms. The summed E-state index contributed by atoms with van der Waals surface area (Å²) in [5.41, 5.74) is 0.0273. The largest absolute Gasteiger partial charge is 0.377 e. The minimum absolute atomic E-state index is 0.0273. The van der Waals surface area contributed by atoms with Gasteiger partial charge in [0.2, 0.25) is 0 Å². The summed E-state index contributed by atoms with van der Waals surface area (Å²) in [6.45, 7) is 3.16. The van der Waals surface area contributed by atoms with Gasteiger partial charge in [0, 0.05) is 32.4 Å². The van der Waals surface area contributed by atoms with Crippen LogP contribution in [0.2, 0.25) is 0 Å². The first-order valence-corrected chi connectivity index (χ1v) is 6.87. The number of nitrogens with one attached hydrogen (secondary N) is 1. The normalized spacial score (nSPS) is 19.7. The molecule has 1 aromatic heterocycles. The molecule has 0 bridgehead atoms. The Kier molecular flexibility index (Phi) is 4.93. The van der Waals surface area contributed by atoms with E-state index in [0.717, 1.165) is 32.5 Å². The Labute approximate surface area is 114 Å². The predicted molar refractivity (Wildman–Crippen MR) is 73.1 cm³/mol. The van der Waals surface area contributed by atoms with Crippen LogP contribution in [0.1, 0.15) is 12.8 Å². The van der Waals surface area contributed by atoms with Gasteiger partial charge in [-0.2, -0.15) is 0 Å². The maximum atomic E-state index is 11.7. The predicted octanol–water partition coefficient (Wildman–Crippen LogP) is 0.616. The molecule has 0 radical (unpaired) electrons. The van der Waals surface area contributed by atoms with Crippen molar-refractivity contribution in [3.05, 3.63) is 26.4 Å². The zero-order chi connectivity index (χ0) is 12.1. The van der Waals surface area contributed by atoms with E-state index in [1.165, 1.54) is 0 Å². The summed E-state index contributed by atoms with van der Waals surface area (Å²) in [6, 6.07) is 0. The van der Waals surface area contributed by atoms with Crippen molar-refractivity contribution in [2.75, 3.05) is 19.7 Å². The van der Waals surface area contributed by atoms with E-state index in [1.807, 2.05) is 22.6 Å². The van der Waals surface area contributed by atoms with Crippen molar-refractivity contribution in [2.24, 2.45) is 0 Å². The average molecular weight is 349 g/mol. The van der Waals surface area contributed by atoms with E-state index >= 15 is 0 Å². The van der Waals surface area contributed by atoms with Crippen molar-refractivity contribution in [1.29, 1.82) is 0 Å². The molecular weight excluding hydrogens is 333 g/mol. The standard InChI is InChI=1S/C11H16IN3O2/c12-10-7-14-8-15(11(10)16)4-3-13-6-9-2-1-5-17-9/h7-9,13H,1-6H2. The topological polar surface area (TPSA) is 56.2 Å². The Bertz CT molecular complexity index is 415. The summed E-state index contributed by atoms with van der Waals surface area (Å²) in [7, 11) is 0. The summed E-state index contributed by atoms with van der Waals surface area (Å²) in [4.78, 5) is 15.7. The van der Waals surface area contributed by atoms with Gasteiger partial charge in [0.15, 0.2) is 0 Å². The van der Waals surface area contributed by atoms with Gasteiger partial charge in [0.05, 0.1) is 16.0 Å². The molecule has 1 aliphatic rings. The SMILES string of the molecule is O=c1c(I)cncn1CCNCC1CCCO1. The lowest BCUT2D eigenvalue weighted by molar-refractivity contribution is 0.110. The van der Waals surface area contributed by atoms with E-state index in [4.69, 9.17) is 4.74 Å². The average Bonchev–Trinajstić information content (AvgIpc) is 2.83. The molecule has 2 heterocycles. The van der Waals surface area contributed by atoms with Gasteiger partial charge in [-0.25, -0.2) is 4.98 Å². The lowest BCUT2D eigenvalue weighted by Crippen LogP contribution is -2.32. The Morgan fingerprint density at radius 3 is 3.29 bits per heavy atom. The first-order valence-electron chi connectivity index (χ1n) is 5.79. The third-order valence-corrected chi connectivity index (χ3v) is 3.52. The summed E-state index contributed by atoms with van der Waals surface area (Å²) in [5, 5.41) is 3.31. The molecule has 1 unspecified atom stereocenters. The first kappa shape index (κ1) is 13.0. The van der Waals surface area contributed by atoms with Crippen LogP contribution >= 0.6 is 22.6 Å². The van der Waals surface area contributed by atoms with Gasteiger partial charge in [-0.05, 0) is 35.4 Å². The summed E-state index contributed by atoms with van der Waals surface area (Å²) in [5.74, 6) is 0. The number of aromatic nitrogens is 2. The van der Waals surface area contributed by atoms with Crippen molar-refractivity contribution >= 4 is 22.6 Å². The third-order valence-electron chi connectivity index (χ3n) is 2.78. The van der Waals surface area contributed by atoms with Gasteiger partial charge in [-0.1, -0.05) is 0 Å². The van der Waals surface area contributed by atoms with Crippen LogP contribution < -0.4 is 10.9 Å². The number of hydrogen-bond acceptors (Lipinski definition) is 4. The quantitative estimate of drug-likeness (QED) is 0.626. The first-order chi connectivity index (χ1) is 8.27. The van der Waals surface area contributed by atoms with Crippen LogP contribution in [0, 0.1) is 3.57 Å². The van der Waals surface area contributed by atoms with Crippen LogP contribution in [0.5, 0.6) is 0 Å². The second-order valence-corrected chi connectivity index (χ2v) is 5.24. The maximum absolute atomic E-state index is 11.7. The number of rotatable bonds is 5. The molecule has 0 amide bonds. The molecule has 1 aromatic rings. The van der Waals surface area contributed by atoms with Crippen LogP contribution in [-0.2, 0) is 11.3 Å². The van der Waals surface area contributed by atoms with Gasteiger partial charge < -0.3 is 10.1 Å².